The average molecular weight is 524 g/mol. The van der Waals surface area contributed by atoms with Crippen LogP contribution in [0.5, 0.6) is 11.5 Å². The predicted molar refractivity (Wildman–Crippen MR) is 142 cm³/mol. The third-order valence-corrected chi connectivity index (χ3v) is 7.56. The first-order chi connectivity index (χ1) is 16.2. The number of fused-ring (bicyclic) bond motifs is 1. The van der Waals surface area contributed by atoms with Gasteiger partial charge in [-0.05, 0) is 36.9 Å². The first-order valence-electron chi connectivity index (χ1n) is 10.9. The summed E-state index contributed by atoms with van der Waals surface area (Å²) in [5, 5.41) is 0.649. The molecule has 0 spiro atoms. The number of morpholine rings is 1. The van der Waals surface area contributed by atoms with Crippen LogP contribution in [-0.2, 0) is 4.74 Å². The van der Waals surface area contributed by atoms with E-state index in [0.29, 0.717) is 28.5 Å². The van der Waals surface area contributed by atoms with E-state index in [1.54, 1.807) is 30.9 Å². The highest BCUT2D eigenvalue weighted by Crippen LogP contribution is 2.40. The largest absolute Gasteiger partial charge is 0.495 e. The number of ether oxygens (including phenoxy) is 3. The quantitative estimate of drug-likeness (QED) is 0.372. The topological polar surface area (TPSA) is 64.1 Å². The van der Waals surface area contributed by atoms with Crippen molar-refractivity contribution in [1.29, 1.82) is 0 Å². The van der Waals surface area contributed by atoms with Crippen molar-refractivity contribution in [1.82, 2.24) is 9.88 Å². The summed E-state index contributed by atoms with van der Waals surface area (Å²) >= 11 is 3.03. The molecule has 0 atom stereocenters. The number of carbonyl (C=O) groups is 1. The molecule has 1 amide bonds. The van der Waals surface area contributed by atoms with Crippen molar-refractivity contribution in [2.75, 3.05) is 64.8 Å². The molecule has 0 bridgehead atoms. The van der Waals surface area contributed by atoms with Crippen LogP contribution in [0.25, 0.3) is 10.2 Å². The molecule has 7 nitrogen and oxygen atoms in total. The third kappa shape index (κ3) is 5.78. The van der Waals surface area contributed by atoms with Gasteiger partial charge in [0.1, 0.15) is 21.7 Å². The highest BCUT2D eigenvalue weighted by Gasteiger charge is 2.25. The minimum Gasteiger partial charge on any atom is -0.495 e. The summed E-state index contributed by atoms with van der Waals surface area (Å²) < 4.78 is 17.4. The van der Waals surface area contributed by atoms with Crippen molar-refractivity contribution >= 4 is 56.8 Å². The number of benzene rings is 2. The van der Waals surface area contributed by atoms with E-state index in [-0.39, 0.29) is 18.3 Å². The normalized spacial score (nSPS) is 14.0. The summed E-state index contributed by atoms with van der Waals surface area (Å²) in [5.74, 6) is 1.34. The fourth-order valence-electron chi connectivity index (χ4n) is 3.92. The molecule has 1 aliphatic rings. The second-order valence-electron chi connectivity index (χ2n) is 7.61. The Morgan fingerprint density at radius 2 is 1.85 bits per heavy atom. The fraction of sp³-hybridized carbons (Fsp3) is 0.417. The summed E-state index contributed by atoms with van der Waals surface area (Å²) in [6.07, 6.45) is 2.83. The van der Waals surface area contributed by atoms with Gasteiger partial charge in [-0.15, -0.1) is 24.2 Å². The second kappa shape index (κ2) is 12.6. The fourth-order valence-corrected chi connectivity index (χ4v) is 5.61. The number of halogens is 1. The van der Waals surface area contributed by atoms with Crippen molar-refractivity contribution in [3.8, 4) is 11.5 Å². The van der Waals surface area contributed by atoms with Crippen molar-refractivity contribution in [3.05, 3.63) is 42.0 Å². The molecule has 1 fully saturated rings. The molecular formula is C24H30ClN3O4S2. The van der Waals surface area contributed by atoms with Gasteiger partial charge in [0.15, 0.2) is 5.13 Å². The molecule has 1 saturated heterocycles. The standard InChI is InChI=1S/C24H29N3O4S2.ClH/c1-29-18-9-10-19(30-2)22-21(18)25-24(33-22)27(12-6-11-26-13-15-31-16-14-26)23(28)17-7-4-5-8-20(17)32-3;/h4-5,7-10H,6,11-16H2,1-3H3;1H. The summed E-state index contributed by atoms with van der Waals surface area (Å²) in [6.45, 7) is 4.87. The Morgan fingerprint density at radius 3 is 2.56 bits per heavy atom. The zero-order valence-electron chi connectivity index (χ0n) is 19.6. The number of hydrogen-bond acceptors (Lipinski definition) is 8. The lowest BCUT2D eigenvalue weighted by molar-refractivity contribution is 0.0376. The Kier molecular flexibility index (Phi) is 9.85. The SMILES string of the molecule is COc1ccc(OC)c2sc(N(CCCN3CCOCC3)C(=O)c3ccccc3SC)nc12.Cl. The minimum atomic E-state index is -0.0427. The molecule has 3 aromatic rings. The van der Waals surface area contributed by atoms with Gasteiger partial charge in [-0.25, -0.2) is 4.98 Å². The Labute approximate surface area is 214 Å². The first kappa shape index (κ1) is 26.6. The monoisotopic (exact) mass is 523 g/mol. The van der Waals surface area contributed by atoms with Crippen LogP contribution in [-0.4, -0.2) is 75.7 Å². The van der Waals surface area contributed by atoms with Crippen molar-refractivity contribution in [2.45, 2.75) is 11.3 Å². The van der Waals surface area contributed by atoms with Crippen LogP contribution in [0.1, 0.15) is 16.8 Å². The van der Waals surface area contributed by atoms with E-state index >= 15 is 0 Å². The van der Waals surface area contributed by atoms with E-state index in [0.717, 1.165) is 54.6 Å². The number of thiazole rings is 1. The van der Waals surface area contributed by atoms with Gasteiger partial charge < -0.3 is 14.2 Å². The second-order valence-corrected chi connectivity index (χ2v) is 9.43. The number of methoxy groups -OCH3 is 2. The summed E-state index contributed by atoms with van der Waals surface area (Å²) in [6, 6.07) is 11.4. The van der Waals surface area contributed by atoms with E-state index in [1.165, 1.54) is 11.3 Å². The first-order valence-corrected chi connectivity index (χ1v) is 13.0. The number of aromatic nitrogens is 1. The van der Waals surface area contributed by atoms with E-state index in [4.69, 9.17) is 19.2 Å². The van der Waals surface area contributed by atoms with Gasteiger partial charge in [-0.2, -0.15) is 0 Å². The smallest absolute Gasteiger partial charge is 0.261 e. The van der Waals surface area contributed by atoms with Crippen LogP contribution >= 0.6 is 35.5 Å². The van der Waals surface area contributed by atoms with Gasteiger partial charge in [-0.3, -0.25) is 14.6 Å². The van der Waals surface area contributed by atoms with Gasteiger partial charge in [0.2, 0.25) is 0 Å². The van der Waals surface area contributed by atoms with Crippen molar-refractivity contribution < 1.29 is 19.0 Å². The van der Waals surface area contributed by atoms with Crippen LogP contribution in [0.15, 0.2) is 41.3 Å². The molecule has 10 heteroatoms. The van der Waals surface area contributed by atoms with E-state index in [2.05, 4.69) is 4.90 Å². The molecule has 0 N–H and O–H groups in total. The summed E-state index contributed by atoms with van der Waals surface area (Å²) in [4.78, 5) is 23.8. The third-order valence-electron chi connectivity index (χ3n) is 5.67. The maximum atomic E-state index is 13.8. The highest BCUT2D eigenvalue weighted by molar-refractivity contribution is 7.98. The molecule has 0 unspecified atom stereocenters. The summed E-state index contributed by atoms with van der Waals surface area (Å²) in [7, 11) is 3.26. The number of anilines is 1. The van der Waals surface area contributed by atoms with Gasteiger partial charge >= 0.3 is 0 Å². The zero-order chi connectivity index (χ0) is 23.2. The lowest BCUT2D eigenvalue weighted by atomic mass is 10.2. The Bertz CT molecular complexity index is 1060. The molecule has 2 heterocycles. The Hall–Kier alpha value is -2.04. The molecule has 1 aliphatic heterocycles. The molecule has 2 aromatic carbocycles. The maximum Gasteiger partial charge on any atom is 0.261 e. The molecule has 0 radical (unpaired) electrons. The highest BCUT2D eigenvalue weighted by atomic mass is 35.5. The Balaban J connectivity index is 0.00000324. The Morgan fingerprint density at radius 1 is 1.15 bits per heavy atom. The molecule has 1 aromatic heterocycles. The number of carbonyl (C=O) groups excluding carboxylic acids is 1. The average Bonchev–Trinajstić information content (AvgIpc) is 3.31. The molecule has 34 heavy (non-hydrogen) atoms. The molecule has 0 saturated carbocycles. The maximum absolute atomic E-state index is 13.8. The van der Waals surface area contributed by atoms with Gasteiger partial charge in [-0.1, -0.05) is 23.5 Å². The van der Waals surface area contributed by atoms with Gasteiger partial charge in [0.25, 0.3) is 5.91 Å². The number of rotatable bonds is 9. The summed E-state index contributed by atoms with van der Waals surface area (Å²) in [5.41, 5.74) is 1.40. The molecule has 184 valence electrons. The molecular weight excluding hydrogens is 494 g/mol. The number of nitrogens with zero attached hydrogens (tertiary/aromatic N) is 3. The van der Waals surface area contributed by atoms with E-state index < -0.39 is 0 Å². The van der Waals surface area contributed by atoms with Crippen LogP contribution in [0.4, 0.5) is 5.13 Å². The van der Waals surface area contributed by atoms with E-state index in [1.807, 2.05) is 42.7 Å². The van der Waals surface area contributed by atoms with Crippen molar-refractivity contribution in [3.63, 3.8) is 0 Å². The van der Waals surface area contributed by atoms with Crippen LogP contribution < -0.4 is 14.4 Å². The molecule has 0 aliphatic carbocycles. The molecule has 4 rings (SSSR count). The predicted octanol–water partition coefficient (Wildman–Crippen LogP) is 4.83. The number of hydrogen-bond donors (Lipinski definition) is 0. The van der Waals surface area contributed by atoms with Crippen LogP contribution in [0.2, 0.25) is 0 Å². The number of amides is 1. The van der Waals surface area contributed by atoms with Gasteiger partial charge in [0.05, 0.1) is 33.0 Å². The lowest BCUT2D eigenvalue weighted by Gasteiger charge is -2.28. The van der Waals surface area contributed by atoms with Crippen LogP contribution in [0.3, 0.4) is 0 Å². The minimum absolute atomic E-state index is 0. The number of thioether (sulfide) groups is 1. The lowest BCUT2D eigenvalue weighted by Crippen LogP contribution is -2.39. The van der Waals surface area contributed by atoms with Crippen LogP contribution in [0, 0.1) is 0 Å². The van der Waals surface area contributed by atoms with E-state index in [9.17, 15) is 4.79 Å². The van der Waals surface area contributed by atoms with Gasteiger partial charge in [0, 0.05) is 31.1 Å². The van der Waals surface area contributed by atoms with Crippen molar-refractivity contribution in [2.24, 2.45) is 0 Å². The zero-order valence-corrected chi connectivity index (χ0v) is 22.1.